The van der Waals surface area contributed by atoms with Gasteiger partial charge in [-0.3, -0.25) is 9.32 Å². The molecule has 1 amide bonds. The van der Waals surface area contributed by atoms with Gasteiger partial charge >= 0.3 is 11.3 Å². The number of aromatic nitrogens is 3. The van der Waals surface area contributed by atoms with Gasteiger partial charge in [-0.15, -0.1) is 0 Å². The molecule has 0 fully saturated rings. The molecule has 33 heavy (non-hydrogen) atoms. The molecule has 13 heteroatoms. The number of nitrogens with two attached hydrogens (primary N) is 1. The Morgan fingerprint density at radius 1 is 1.39 bits per heavy atom. The normalized spacial score (nSPS) is 10.4. The Balaban J connectivity index is 1.95. The lowest BCUT2D eigenvalue weighted by Gasteiger charge is -2.13. The fourth-order valence-corrected chi connectivity index (χ4v) is 3.95. The molecular formula is C20H17ClN7O4S+. The van der Waals surface area contributed by atoms with Gasteiger partial charge in [-0.25, -0.2) is 9.78 Å². The molecule has 11 nitrogen and oxygen atoms in total. The zero-order valence-electron chi connectivity index (χ0n) is 17.6. The summed E-state index contributed by atoms with van der Waals surface area (Å²) in [6.45, 7) is 1.79. The molecule has 3 rings (SSSR count). The number of anilines is 2. The summed E-state index contributed by atoms with van der Waals surface area (Å²) in [5.41, 5.74) is 5.96. The van der Waals surface area contributed by atoms with E-state index in [0.29, 0.717) is 16.5 Å². The van der Waals surface area contributed by atoms with Crippen molar-refractivity contribution >= 4 is 40.8 Å². The highest BCUT2D eigenvalue weighted by Crippen LogP contribution is 2.34. The van der Waals surface area contributed by atoms with Gasteiger partial charge in [0.1, 0.15) is 39.9 Å². The van der Waals surface area contributed by atoms with Crippen LogP contribution in [0.5, 0.6) is 5.75 Å². The monoisotopic (exact) mass is 486 g/mol. The number of nitrogens with zero attached hydrogens (tertiary/aromatic N) is 4. The molecule has 3 aromatic rings. The van der Waals surface area contributed by atoms with Crippen molar-refractivity contribution in [2.24, 2.45) is 7.05 Å². The third-order valence-electron chi connectivity index (χ3n) is 4.55. The summed E-state index contributed by atoms with van der Waals surface area (Å²) < 4.78 is 11.2. The fraction of sp³-hybridized carbons (Fsp3) is 0.200. The molecule has 0 saturated carbocycles. The molecule has 0 aliphatic carbocycles. The Kier molecular flexibility index (Phi) is 6.92. The molecule has 2 heterocycles. The summed E-state index contributed by atoms with van der Waals surface area (Å²) in [4.78, 5) is 28.9. The molecule has 1 aromatic carbocycles. The third-order valence-corrected chi connectivity index (χ3v) is 5.93. The van der Waals surface area contributed by atoms with Gasteiger partial charge in [0.15, 0.2) is 7.05 Å². The molecule has 0 unspecified atom stereocenters. The predicted molar refractivity (Wildman–Crippen MR) is 120 cm³/mol. The van der Waals surface area contributed by atoms with E-state index >= 15 is 0 Å². The van der Waals surface area contributed by atoms with Crippen molar-refractivity contribution in [1.82, 2.24) is 10.3 Å². The first-order valence-electron chi connectivity index (χ1n) is 9.20. The maximum Gasteiger partial charge on any atom is 0.435 e. The summed E-state index contributed by atoms with van der Waals surface area (Å²) >= 11 is 7.01. The fourth-order valence-electron chi connectivity index (χ4n) is 3.00. The summed E-state index contributed by atoms with van der Waals surface area (Å²) in [6, 6.07) is 7.08. The van der Waals surface area contributed by atoms with E-state index in [2.05, 4.69) is 15.6 Å². The number of pyridine rings is 1. The molecule has 0 radical (unpaired) electrons. The molecule has 0 bridgehead atoms. The van der Waals surface area contributed by atoms with Gasteiger partial charge in [-0.05, 0) is 23.8 Å². The quantitative estimate of drug-likeness (QED) is 0.347. The summed E-state index contributed by atoms with van der Waals surface area (Å²) in [7, 11) is 2.92. The number of hydrogen-bond acceptors (Lipinski definition) is 9. The number of methoxy groups -OCH3 is 1. The molecule has 0 aliphatic rings. The minimum atomic E-state index is -0.796. The van der Waals surface area contributed by atoms with Crippen LogP contribution >= 0.6 is 23.4 Å². The van der Waals surface area contributed by atoms with Gasteiger partial charge in [-0.2, -0.15) is 10.5 Å². The zero-order valence-corrected chi connectivity index (χ0v) is 19.2. The van der Waals surface area contributed by atoms with Crippen LogP contribution in [0.15, 0.2) is 26.5 Å². The number of benzene rings is 1. The topological polar surface area (TPSA) is 175 Å². The SMILES string of the molecule is COc1cc(Cl)c(C)cc1NC(=O)CSc1nc(N)c(C#N)c(-c2c(=O)o[nH][n+]2C)c1C#N. The van der Waals surface area contributed by atoms with Crippen LogP contribution in [-0.4, -0.2) is 29.0 Å². The summed E-state index contributed by atoms with van der Waals surface area (Å²) in [5.74, 6) is -0.367. The van der Waals surface area contributed by atoms with E-state index in [9.17, 15) is 20.1 Å². The lowest BCUT2D eigenvalue weighted by atomic mass is 10.0. The highest BCUT2D eigenvalue weighted by atomic mass is 35.5. The average molecular weight is 487 g/mol. The second kappa shape index (κ2) is 9.65. The van der Waals surface area contributed by atoms with Crippen LogP contribution in [0.4, 0.5) is 11.5 Å². The summed E-state index contributed by atoms with van der Waals surface area (Å²) in [6.07, 6.45) is 0. The molecule has 0 aliphatic heterocycles. The number of nitrogens with one attached hydrogen (secondary N) is 2. The maximum atomic E-state index is 12.6. The van der Waals surface area contributed by atoms with Gasteiger partial charge in [0.05, 0.1) is 24.1 Å². The van der Waals surface area contributed by atoms with Gasteiger partial charge in [-0.1, -0.05) is 28.0 Å². The van der Waals surface area contributed by atoms with E-state index in [0.717, 1.165) is 17.3 Å². The highest BCUT2D eigenvalue weighted by molar-refractivity contribution is 8.00. The van der Waals surface area contributed by atoms with Gasteiger partial charge in [0.25, 0.3) is 0 Å². The Hall–Kier alpha value is -4.00. The molecule has 168 valence electrons. The molecular weight excluding hydrogens is 470 g/mol. The molecule has 0 atom stereocenters. The van der Waals surface area contributed by atoms with E-state index in [-0.39, 0.29) is 39.0 Å². The van der Waals surface area contributed by atoms with Crippen molar-refractivity contribution in [2.75, 3.05) is 23.9 Å². The van der Waals surface area contributed by atoms with E-state index in [1.165, 1.54) is 18.8 Å². The maximum absolute atomic E-state index is 12.6. The standard InChI is InChI=1S/C20H16ClN7O4S/c1-9-4-13(14(31-3)5-12(9)21)25-15(29)8-33-19-11(7-23)16(10(6-22)18(24)26-19)17-20(30)32-27-28(17)2/h4-5H,8H2,1-3H3,(H3-,24,25,26,27,29,30)/p+1. The summed E-state index contributed by atoms with van der Waals surface area (Å²) in [5, 5.41) is 24.9. The van der Waals surface area contributed by atoms with E-state index in [1.54, 1.807) is 19.1 Å². The Bertz CT molecular complexity index is 1400. The Morgan fingerprint density at radius 3 is 2.67 bits per heavy atom. The van der Waals surface area contributed by atoms with Gasteiger partial charge in [0.2, 0.25) is 5.91 Å². The van der Waals surface area contributed by atoms with Crippen molar-refractivity contribution in [3.8, 4) is 29.1 Å². The van der Waals surface area contributed by atoms with Crippen LogP contribution in [0.25, 0.3) is 11.3 Å². The van der Waals surface area contributed by atoms with Crippen LogP contribution in [0.3, 0.4) is 0 Å². The predicted octanol–water partition coefficient (Wildman–Crippen LogP) is 1.88. The highest BCUT2D eigenvalue weighted by Gasteiger charge is 2.31. The van der Waals surface area contributed by atoms with Crippen LogP contribution in [0.1, 0.15) is 16.7 Å². The number of carbonyl (C=O) groups excluding carboxylic acids is 1. The number of aryl methyl sites for hydroxylation is 2. The van der Waals surface area contributed by atoms with Gasteiger partial charge in [0, 0.05) is 11.1 Å². The smallest absolute Gasteiger partial charge is 0.435 e. The number of nitrogen functional groups attached to an aromatic ring is 1. The number of rotatable bonds is 6. The molecule has 0 spiro atoms. The van der Waals surface area contributed by atoms with Crippen molar-refractivity contribution in [1.29, 1.82) is 10.5 Å². The first kappa shape index (κ1) is 23.7. The van der Waals surface area contributed by atoms with E-state index in [1.807, 2.05) is 12.1 Å². The van der Waals surface area contributed by atoms with Crippen molar-refractivity contribution in [2.45, 2.75) is 11.9 Å². The third kappa shape index (κ3) is 4.62. The number of hydrogen-bond donors (Lipinski definition) is 3. The van der Waals surface area contributed by atoms with Crippen molar-refractivity contribution in [3.63, 3.8) is 0 Å². The number of ether oxygens (including phenoxy) is 1. The van der Waals surface area contributed by atoms with Gasteiger partial charge < -0.3 is 15.8 Å². The van der Waals surface area contributed by atoms with Crippen LogP contribution in [0, 0.1) is 29.6 Å². The van der Waals surface area contributed by atoms with Crippen LogP contribution in [-0.2, 0) is 11.8 Å². The number of halogens is 1. The number of nitriles is 2. The number of thioether (sulfide) groups is 1. The minimum absolute atomic E-state index is 0.0251. The Labute approximate surface area is 196 Å². The largest absolute Gasteiger partial charge is 0.495 e. The second-order valence-electron chi connectivity index (χ2n) is 6.68. The second-order valence-corrected chi connectivity index (χ2v) is 8.05. The first-order valence-corrected chi connectivity index (χ1v) is 10.6. The number of amides is 1. The van der Waals surface area contributed by atoms with E-state index in [4.69, 9.17) is 26.6 Å². The minimum Gasteiger partial charge on any atom is -0.495 e. The number of aromatic amines is 1. The molecule has 4 N–H and O–H groups in total. The van der Waals surface area contributed by atoms with E-state index < -0.39 is 11.5 Å². The zero-order chi connectivity index (χ0) is 24.3. The van der Waals surface area contributed by atoms with Crippen molar-refractivity contribution < 1.29 is 18.7 Å². The van der Waals surface area contributed by atoms with Crippen molar-refractivity contribution in [3.05, 3.63) is 44.3 Å². The molecule has 0 saturated heterocycles. The van der Waals surface area contributed by atoms with Crippen LogP contribution in [0.2, 0.25) is 5.02 Å². The number of H-pyrrole nitrogens is 1. The Morgan fingerprint density at radius 2 is 2.09 bits per heavy atom. The first-order chi connectivity index (χ1) is 15.7. The lowest BCUT2D eigenvalue weighted by molar-refractivity contribution is -0.730. The number of carbonyl (C=O) groups is 1. The van der Waals surface area contributed by atoms with Crippen LogP contribution < -0.4 is 26.1 Å². The lowest BCUT2D eigenvalue weighted by Crippen LogP contribution is -2.34. The molecule has 2 aromatic heterocycles. The average Bonchev–Trinajstić information content (AvgIpc) is 3.11.